The molecule has 0 radical (unpaired) electrons. The Morgan fingerprint density at radius 3 is 2.08 bits per heavy atom. The van der Waals surface area contributed by atoms with E-state index in [9.17, 15) is 4.79 Å². The van der Waals surface area contributed by atoms with Crippen LogP contribution in [0.3, 0.4) is 0 Å². The van der Waals surface area contributed by atoms with Crippen LogP contribution in [0, 0.1) is 10.8 Å². The van der Waals surface area contributed by atoms with Gasteiger partial charge in [0.15, 0.2) is 5.78 Å². The molecule has 3 heteroatoms. The van der Waals surface area contributed by atoms with Crippen LogP contribution in [0.25, 0.3) is 0 Å². The third kappa shape index (κ3) is 1.39. The third-order valence-corrected chi connectivity index (χ3v) is 2.22. The SMILES string of the molecule is CC(C)(C)C(=O)C1(CO)COC1. The van der Waals surface area contributed by atoms with Gasteiger partial charge in [0.1, 0.15) is 0 Å². The average Bonchev–Trinajstić information content (AvgIpc) is 1.84. The van der Waals surface area contributed by atoms with Crippen LogP contribution in [-0.4, -0.2) is 30.7 Å². The molecular formula is C9H16O3. The fourth-order valence-corrected chi connectivity index (χ4v) is 1.44. The Labute approximate surface area is 72.7 Å². The van der Waals surface area contributed by atoms with Crippen molar-refractivity contribution in [3.63, 3.8) is 0 Å². The molecule has 1 fully saturated rings. The first-order valence-corrected chi connectivity index (χ1v) is 4.16. The second-order valence-electron chi connectivity index (χ2n) is 4.51. The summed E-state index contributed by atoms with van der Waals surface area (Å²) in [5, 5.41) is 9.07. The van der Waals surface area contributed by atoms with Crippen molar-refractivity contribution in [1.82, 2.24) is 0 Å². The average molecular weight is 172 g/mol. The molecule has 0 aliphatic carbocycles. The monoisotopic (exact) mass is 172 g/mol. The first kappa shape index (κ1) is 9.68. The van der Waals surface area contributed by atoms with Gasteiger partial charge in [-0.15, -0.1) is 0 Å². The van der Waals surface area contributed by atoms with Crippen molar-refractivity contribution in [1.29, 1.82) is 0 Å². The predicted octanol–water partition coefficient (Wildman–Crippen LogP) is 0.611. The molecule has 3 nitrogen and oxygen atoms in total. The highest BCUT2D eigenvalue weighted by Gasteiger charge is 2.49. The van der Waals surface area contributed by atoms with E-state index in [2.05, 4.69) is 0 Å². The van der Waals surface area contributed by atoms with Crippen LogP contribution in [0.15, 0.2) is 0 Å². The minimum atomic E-state index is -0.599. The van der Waals surface area contributed by atoms with Gasteiger partial charge >= 0.3 is 0 Å². The van der Waals surface area contributed by atoms with E-state index in [0.29, 0.717) is 13.2 Å². The molecule has 1 aliphatic heterocycles. The standard InChI is InChI=1S/C9H16O3/c1-8(2,3)7(11)9(4-10)5-12-6-9/h10H,4-6H2,1-3H3. The first-order valence-electron chi connectivity index (χ1n) is 4.16. The van der Waals surface area contributed by atoms with Crippen molar-refractivity contribution in [3.8, 4) is 0 Å². The molecule has 0 aromatic rings. The predicted molar refractivity (Wildman–Crippen MR) is 44.8 cm³/mol. The summed E-state index contributed by atoms with van der Waals surface area (Å²) in [6, 6.07) is 0. The molecule has 0 amide bonds. The van der Waals surface area contributed by atoms with Crippen molar-refractivity contribution in [2.45, 2.75) is 20.8 Å². The molecule has 70 valence electrons. The Morgan fingerprint density at radius 2 is 2.00 bits per heavy atom. The smallest absolute Gasteiger partial charge is 0.151 e. The van der Waals surface area contributed by atoms with Gasteiger partial charge in [0.2, 0.25) is 0 Å². The Morgan fingerprint density at radius 1 is 1.50 bits per heavy atom. The minimum absolute atomic E-state index is 0.0941. The van der Waals surface area contributed by atoms with E-state index in [4.69, 9.17) is 9.84 Å². The summed E-state index contributed by atoms with van der Waals surface area (Å²) < 4.78 is 4.96. The maximum Gasteiger partial charge on any atom is 0.151 e. The summed E-state index contributed by atoms with van der Waals surface area (Å²) >= 11 is 0. The summed E-state index contributed by atoms with van der Waals surface area (Å²) in [6.45, 7) is 6.25. The van der Waals surface area contributed by atoms with Crippen molar-refractivity contribution >= 4 is 5.78 Å². The van der Waals surface area contributed by atoms with Crippen LogP contribution in [0.1, 0.15) is 20.8 Å². The summed E-state index contributed by atoms with van der Waals surface area (Å²) in [5.41, 5.74) is -0.981. The molecule has 1 aliphatic rings. The molecule has 0 aromatic heterocycles. The maximum absolute atomic E-state index is 11.8. The first-order chi connectivity index (χ1) is 5.42. The topological polar surface area (TPSA) is 46.5 Å². The van der Waals surface area contributed by atoms with Crippen LogP contribution in [0.5, 0.6) is 0 Å². The third-order valence-electron chi connectivity index (χ3n) is 2.22. The summed E-state index contributed by atoms with van der Waals surface area (Å²) in [7, 11) is 0. The van der Waals surface area contributed by atoms with Crippen LogP contribution >= 0.6 is 0 Å². The fraction of sp³-hybridized carbons (Fsp3) is 0.889. The van der Waals surface area contributed by atoms with Gasteiger partial charge in [0, 0.05) is 5.41 Å². The highest BCUT2D eigenvalue weighted by Crippen LogP contribution is 2.35. The second-order valence-corrected chi connectivity index (χ2v) is 4.51. The van der Waals surface area contributed by atoms with Crippen molar-refractivity contribution in [2.75, 3.05) is 19.8 Å². The number of rotatable bonds is 2. The Kier molecular flexibility index (Phi) is 2.27. The van der Waals surface area contributed by atoms with Crippen molar-refractivity contribution < 1.29 is 14.6 Å². The maximum atomic E-state index is 11.8. The Balaban J connectivity index is 2.74. The van der Waals surface area contributed by atoms with Gasteiger partial charge in [0.05, 0.1) is 25.2 Å². The number of hydrogen-bond acceptors (Lipinski definition) is 3. The van der Waals surface area contributed by atoms with E-state index in [-0.39, 0.29) is 17.8 Å². The summed E-state index contributed by atoms with van der Waals surface area (Å²) in [6.07, 6.45) is 0. The second kappa shape index (κ2) is 2.82. The Hall–Kier alpha value is -0.410. The minimum Gasteiger partial charge on any atom is -0.395 e. The molecule has 1 N–H and O–H groups in total. The van der Waals surface area contributed by atoms with Gasteiger partial charge in [-0.1, -0.05) is 20.8 Å². The molecule has 0 spiro atoms. The molecule has 0 aromatic carbocycles. The highest BCUT2D eigenvalue weighted by atomic mass is 16.5. The van der Waals surface area contributed by atoms with Gasteiger partial charge in [-0.25, -0.2) is 0 Å². The van der Waals surface area contributed by atoms with E-state index in [1.165, 1.54) is 0 Å². The van der Waals surface area contributed by atoms with E-state index in [1.807, 2.05) is 20.8 Å². The van der Waals surface area contributed by atoms with Crippen molar-refractivity contribution in [3.05, 3.63) is 0 Å². The Bertz CT molecular complexity index is 181. The molecule has 1 saturated heterocycles. The number of carbonyl (C=O) groups excluding carboxylic acids is 1. The zero-order valence-corrected chi connectivity index (χ0v) is 7.89. The van der Waals surface area contributed by atoms with E-state index >= 15 is 0 Å². The zero-order chi connectivity index (χ0) is 9.41. The van der Waals surface area contributed by atoms with E-state index in [1.54, 1.807) is 0 Å². The quantitative estimate of drug-likeness (QED) is 0.664. The highest BCUT2D eigenvalue weighted by molar-refractivity contribution is 5.90. The van der Waals surface area contributed by atoms with Gasteiger partial charge in [-0.2, -0.15) is 0 Å². The summed E-state index contributed by atoms with van der Waals surface area (Å²) in [5.74, 6) is 0.101. The molecular weight excluding hydrogens is 156 g/mol. The summed E-state index contributed by atoms with van der Waals surface area (Å²) in [4.78, 5) is 11.8. The normalized spacial score (nSPS) is 21.7. The van der Waals surface area contributed by atoms with Crippen LogP contribution < -0.4 is 0 Å². The van der Waals surface area contributed by atoms with E-state index < -0.39 is 5.41 Å². The fourth-order valence-electron chi connectivity index (χ4n) is 1.44. The molecule has 1 heterocycles. The van der Waals surface area contributed by atoms with Gasteiger partial charge in [-0.3, -0.25) is 4.79 Å². The van der Waals surface area contributed by atoms with Crippen LogP contribution in [0.4, 0.5) is 0 Å². The lowest BCUT2D eigenvalue weighted by Gasteiger charge is -2.42. The number of carbonyl (C=O) groups is 1. The number of hydrogen-bond donors (Lipinski definition) is 1. The van der Waals surface area contributed by atoms with Gasteiger partial charge < -0.3 is 9.84 Å². The molecule has 0 saturated carbocycles. The number of Topliss-reactive ketones (excluding diaryl/α,β-unsaturated/α-hetero) is 1. The largest absolute Gasteiger partial charge is 0.395 e. The number of ether oxygens (including phenoxy) is 1. The molecule has 0 atom stereocenters. The zero-order valence-electron chi connectivity index (χ0n) is 7.89. The molecule has 12 heavy (non-hydrogen) atoms. The lowest BCUT2D eigenvalue weighted by atomic mass is 9.71. The van der Waals surface area contributed by atoms with Crippen LogP contribution in [0.2, 0.25) is 0 Å². The number of aliphatic hydroxyl groups excluding tert-OH is 1. The molecule has 0 bridgehead atoms. The lowest BCUT2D eigenvalue weighted by Crippen LogP contribution is -2.55. The van der Waals surface area contributed by atoms with Gasteiger partial charge in [-0.05, 0) is 0 Å². The number of aliphatic hydroxyl groups is 1. The molecule has 0 unspecified atom stereocenters. The van der Waals surface area contributed by atoms with Crippen molar-refractivity contribution in [2.24, 2.45) is 10.8 Å². The lowest BCUT2D eigenvalue weighted by molar-refractivity contribution is -0.175. The van der Waals surface area contributed by atoms with E-state index in [0.717, 1.165) is 0 Å². The molecule has 1 rings (SSSR count). The van der Waals surface area contributed by atoms with Gasteiger partial charge in [0.25, 0.3) is 0 Å². The number of ketones is 1. The van der Waals surface area contributed by atoms with Crippen LogP contribution in [-0.2, 0) is 9.53 Å².